The van der Waals surface area contributed by atoms with Gasteiger partial charge in [0.15, 0.2) is 0 Å². The zero-order chi connectivity index (χ0) is 13.4. The molecule has 0 saturated carbocycles. The van der Waals surface area contributed by atoms with Gasteiger partial charge in [-0.05, 0) is 29.8 Å². The Kier molecular flexibility index (Phi) is 2.80. The van der Waals surface area contributed by atoms with E-state index in [0.29, 0.717) is 16.9 Å². The van der Waals surface area contributed by atoms with Crippen LogP contribution in [0.2, 0.25) is 0 Å². The lowest BCUT2D eigenvalue weighted by atomic mass is 10.0. The van der Waals surface area contributed by atoms with Crippen molar-refractivity contribution in [1.82, 2.24) is 0 Å². The molecule has 0 bridgehead atoms. The molecule has 1 heterocycles. The van der Waals surface area contributed by atoms with Gasteiger partial charge in [-0.2, -0.15) is 0 Å². The number of fused-ring (bicyclic) bond motifs is 1. The molecule has 0 fully saturated rings. The van der Waals surface area contributed by atoms with E-state index < -0.39 is 0 Å². The summed E-state index contributed by atoms with van der Waals surface area (Å²) in [6.45, 7) is 0. The second kappa shape index (κ2) is 4.48. The van der Waals surface area contributed by atoms with Crippen molar-refractivity contribution in [2.75, 3.05) is 0 Å². The van der Waals surface area contributed by atoms with Crippen LogP contribution in [0, 0.1) is 0 Å². The molecule has 0 aromatic heterocycles. The van der Waals surface area contributed by atoms with Gasteiger partial charge in [0.1, 0.15) is 11.5 Å². The molecule has 0 amide bonds. The number of aromatic hydroxyl groups is 1. The Bertz CT molecular complexity index is 759. The summed E-state index contributed by atoms with van der Waals surface area (Å²) in [6.07, 6.45) is 0. The molecule has 1 N–H and O–H groups in total. The molecule has 19 heavy (non-hydrogen) atoms. The number of benzene rings is 1. The summed E-state index contributed by atoms with van der Waals surface area (Å²) in [6, 6.07) is 13.6. The Morgan fingerprint density at radius 3 is 2.53 bits per heavy atom. The van der Waals surface area contributed by atoms with Crippen molar-refractivity contribution in [3.05, 3.63) is 59.0 Å². The average molecular weight is 270 g/mol. The van der Waals surface area contributed by atoms with Gasteiger partial charge in [-0.3, -0.25) is 0 Å². The van der Waals surface area contributed by atoms with Crippen LogP contribution in [0.3, 0.4) is 0 Å². The van der Waals surface area contributed by atoms with E-state index in [0.717, 1.165) is 10.5 Å². The fourth-order valence-corrected chi connectivity index (χ4v) is 2.24. The molecule has 0 unspecified atom stereocenters. The SMILES string of the molecule is O=c1oc2cc(S)cccc-2c1-c1ccc(O)cc1. The van der Waals surface area contributed by atoms with Gasteiger partial charge in [0.25, 0.3) is 0 Å². The first-order valence-electron chi connectivity index (χ1n) is 5.70. The number of phenols is 1. The van der Waals surface area contributed by atoms with Crippen LogP contribution in [-0.2, 0) is 0 Å². The number of phenolic OH excluding ortho intramolecular Hbond substituents is 1. The van der Waals surface area contributed by atoms with Crippen LogP contribution in [0.25, 0.3) is 22.5 Å². The largest absolute Gasteiger partial charge is 0.508 e. The fourth-order valence-electron chi connectivity index (χ4n) is 2.04. The highest BCUT2D eigenvalue weighted by atomic mass is 32.1. The van der Waals surface area contributed by atoms with Gasteiger partial charge in [0.2, 0.25) is 0 Å². The van der Waals surface area contributed by atoms with Crippen molar-refractivity contribution in [1.29, 1.82) is 0 Å². The Morgan fingerprint density at radius 1 is 1.05 bits per heavy atom. The topological polar surface area (TPSA) is 50.4 Å². The first kappa shape index (κ1) is 11.9. The predicted octanol–water partition coefficient (Wildman–Crippen LogP) is 3.41. The van der Waals surface area contributed by atoms with Crippen LogP contribution in [0.5, 0.6) is 5.75 Å². The molecule has 0 saturated heterocycles. The third-order valence-electron chi connectivity index (χ3n) is 2.91. The van der Waals surface area contributed by atoms with Crippen molar-refractivity contribution in [2.24, 2.45) is 0 Å². The van der Waals surface area contributed by atoms with Gasteiger partial charge < -0.3 is 9.52 Å². The molecule has 1 aliphatic carbocycles. The maximum Gasteiger partial charge on any atom is 0.344 e. The second-order valence-corrected chi connectivity index (χ2v) is 4.70. The molecule has 94 valence electrons. The molecule has 4 heteroatoms. The number of hydrogen-bond donors (Lipinski definition) is 2. The van der Waals surface area contributed by atoms with Crippen molar-refractivity contribution < 1.29 is 9.52 Å². The molecule has 3 nitrogen and oxygen atoms in total. The summed E-state index contributed by atoms with van der Waals surface area (Å²) in [5.41, 5.74) is 1.56. The van der Waals surface area contributed by atoms with Gasteiger partial charge in [-0.25, -0.2) is 4.79 Å². The van der Waals surface area contributed by atoms with Gasteiger partial charge in [0, 0.05) is 10.5 Å². The number of hydrogen-bond acceptors (Lipinski definition) is 4. The summed E-state index contributed by atoms with van der Waals surface area (Å²) >= 11 is 4.26. The van der Waals surface area contributed by atoms with Gasteiger partial charge in [0.05, 0.1) is 5.56 Å². The molecule has 2 aliphatic rings. The minimum Gasteiger partial charge on any atom is -0.508 e. The smallest absolute Gasteiger partial charge is 0.344 e. The normalized spacial score (nSPS) is 10.8. The standard InChI is InChI=1S/C15H10O3S/c16-10-6-4-9(5-7-10)14-12-3-1-2-11(19)8-13(12)18-15(14)17/h1-8,16,19H. The Labute approximate surface area is 114 Å². The van der Waals surface area contributed by atoms with E-state index in [1.807, 2.05) is 18.2 Å². The van der Waals surface area contributed by atoms with Crippen molar-refractivity contribution >= 4 is 12.6 Å². The summed E-state index contributed by atoms with van der Waals surface area (Å²) < 4.78 is 5.26. The van der Waals surface area contributed by atoms with Gasteiger partial charge in [-0.1, -0.05) is 24.3 Å². The molecule has 1 aromatic carbocycles. The van der Waals surface area contributed by atoms with Crippen LogP contribution in [0.1, 0.15) is 0 Å². The Morgan fingerprint density at radius 2 is 1.79 bits per heavy atom. The van der Waals surface area contributed by atoms with Gasteiger partial charge >= 0.3 is 5.63 Å². The molecule has 3 rings (SSSR count). The summed E-state index contributed by atoms with van der Waals surface area (Å²) in [5.74, 6) is 0.662. The van der Waals surface area contributed by atoms with E-state index in [-0.39, 0.29) is 11.4 Å². The van der Waals surface area contributed by atoms with Crippen LogP contribution >= 0.6 is 12.6 Å². The lowest BCUT2D eigenvalue weighted by Gasteiger charge is -1.98. The minimum atomic E-state index is -0.389. The number of rotatable bonds is 1. The first-order valence-corrected chi connectivity index (χ1v) is 6.15. The number of furan rings is 1. The van der Waals surface area contributed by atoms with Crippen LogP contribution in [0.4, 0.5) is 0 Å². The quantitative estimate of drug-likeness (QED) is 0.666. The van der Waals surface area contributed by atoms with Crippen LogP contribution < -0.4 is 5.63 Å². The van der Waals surface area contributed by atoms with E-state index in [1.54, 1.807) is 30.3 Å². The summed E-state index contributed by atoms with van der Waals surface area (Å²) in [4.78, 5) is 12.7. The van der Waals surface area contributed by atoms with Crippen LogP contribution in [-0.4, -0.2) is 5.11 Å². The highest BCUT2D eigenvalue weighted by Gasteiger charge is 2.18. The van der Waals surface area contributed by atoms with Crippen LogP contribution in [0.15, 0.2) is 62.6 Å². The maximum atomic E-state index is 12.0. The minimum absolute atomic E-state index is 0.159. The van der Waals surface area contributed by atoms with E-state index in [4.69, 9.17) is 4.42 Å². The maximum absolute atomic E-state index is 12.0. The van der Waals surface area contributed by atoms with E-state index in [9.17, 15) is 9.90 Å². The zero-order valence-electron chi connectivity index (χ0n) is 9.83. The summed E-state index contributed by atoms with van der Waals surface area (Å²) in [7, 11) is 0. The second-order valence-electron chi connectivity index (χ2n) is 4.18. The molecule has 1 aromatic rings. The molecular formula is C15H10O3S. The third-order valence-corrected chi connectivity index (χ3v) is 3.18. The first-order chi connectivity index (χ1) is 9.15. The predicted molar refractivity (Wildman–Crippen MR) is 76.0 cm³/mol. The van der Waals surface area contributed by atoms with E-state index in [1.165, 1.54) is 0 Å². The highest BCUT2D eigenvalue weighted by molar-refractivity contribution is 7.80. The molecule has 0 atom stereocenters. The van der Waals surface area contributed by atoms with Crippen molar-refractivity contribution in [2.45, 2.75) is 4.90 Å². The monoisotopic (exact) mass is 270 g/mol. The zero-order valence-corrected chi connectivity index (χ0v) is 10.7. The third kappa shape index (κ3) is 2.11. The molecular weight excluding hydrogens is 260 g/mol. The molecule has 0 radical (unpaired) electrons. The summed E-state index contributed by atoms with van der Waals surface area (Å²) in [5, 5.41) is 9.30. The Hall–Kier alpha value is -2.20. The average Bonchev–Trinajstić information content (AvgIpc) is 2.56. The Balaban J connectivity index is 2.28. The van der Waals surface area contributed by atoms with Gasteiger partial charge in [-0.15, -0.1) is 12.6 Å². The van der Waals surface area contributed by atoms with E-state index >= 15 is 0 Å². The lowest BCUT2D eigenvalue weighted by Crippen LogP contribution is -1.95. The molecule has 1 aliphatic heterocycles. The fraction of sp³-hybridized carbons (Fsp3) is 0. The number of thiol groups is 1. The lowest BCUT2D eigenvalue weighted by molar-refractivity contribution is 0.475. The van der Waals surface area contributed by atoms with Crippen molar-refractivity contribution in [3.8, 4) is 28.2 Å². The van der Waals surface area contributed by atoms with Crippen molar-refractivity contribution in [3.63, 3.8) is 0 Å². The molecule has 0 spiro atoms. The highest BCUT2D eigenvalue weighted by Crippen LogP contribution is 2.32. The van der Waals surface area contributed by atoms with E-state index in [2.05, 4.69) is 12.6 Å².